The first-order chi connectivity index (χ1) is 12.0. The van der Waals surface area contributed by atoms with E-state index in [0.29, 0.717) is 24.6 Å². The van der Waals surface area contributed by atoms with Crippen molar-refractivity contribution in [2.24, 2.45) is 5.92 Å². The zero-order valence-corrected chi connectivity index (χ0v) is 14.8. The topological polar surface area (TPSA) is 85.1 Å². The van der Waals surface area contributed by atoms with E-state index in [1.807, 2.05) is 23.4 Å². The summed E-state index contributed by atoms with van der Waals surface area (Å²) >= 11 is 0. The Labute approximate surface area is 147 Å². The first-order valence-corrected chi connectivity index (χ1v) is 8.74. The molecule has 0 unspecified atom stereocenters. The number of rotatable bonds is 5. The van der Waals surface area contributed by atoms with Gasteiger partial charge in [0.1, 0.15) is 0 Å². The minimum absolute atomic E-state index is 0.0564. The van der Waals surface area contributed by atoms with Gasteiger partial charge in [-0.1, -0.05) is 13.8 Å². The Kier molecular flexibility index (Phi) is 5.33. The molecule has 7 heteroatoms. The molecule has 0 aliphatic carbocycles. The van der Waals surface area contributed by atoms with Crippen molar-refractivity contribution in [3.63, 3.8) is 0 Å². The molecule has 0 aromatic carbocycles. The number of pyridine rings is 1. The minimum Gasteiger partial charge on any atom is -0.336 e. The van der Waals surface area contributed by atoms with Crippen molar-refractivity contribution in [1.82, 2.24) is 25.0 Å². The van der Waals surface area contributed by atoms with Crippen LogP contribution in [0.5, 0.6) is 0 Å². The molecular formula is C18H25N5O2. The molecule has 0 saturated carbocycles. The maximum Gasteiger partial charge on any atom is 0.254 e. The van der Waals surface area contributed by atoms with Crippen LogP contribution in [0.25, 0.3) is 0 Å². The van der Waals surface area contributed by atoms with Crippen LogP contribution in [-0.4, -0.2) is 57.1 Å². The molecule has 1 fully saturated rings. The predicted octanol–water partition coefficient (Wildman–Crippen LogP) is 1.25. The maximum atomic E-state index is 12.8. The predicted molar refractivity (Wildman–Crippen MR) is 95.4 cm³/mol. The molecule has 0 radical (unpaired) electrons. The number of H-pyrrole nitrogens is 2. The van der Waals surface area contributed by atoms with Crippen LogP contribution in [0.15, 0.2) is 29.3 Å². The summed E-state index contributed by atoms with van der Waals surface area (Å²) < 4.78 is 0. The van der Waals surface area contributed by atoms with Gasteiger partial charge in [-0.3, -0.25) is 19.6 Å². The first-order valence-electron chi connectivity index (χ1n) is 8.74. The average molecular weight is 343 g/mol. The molecule has 0 atom stereocenters. The average Bonchev–Trinajstić information content (AvgIpc) is 3.07. The number of nitrogens with zero attached hydrogens (tertiary/aromatic N) is 3. The fraction of sp³-hybridized carbons (Fsp3) is 0.500. The van der Waals surface area contributed by atoms with Crippen molar-refractivity contribution >= 4 is 5.91 Å². The number of nitrogens with one attached hydrogen (secondary N) is 2. The molecule has 0 spiro atoms. The summed E-state index contributed by atoms with van der Waals surface area (Å²) in [6.45, 7) is 7.99. The molecule has 1 aliphatic rings. The van der Waals surface area contributed by atoms with Crippen LogP contribution in [0.1, 0.15) is 35.5 Å². The quantitative estimate of drug-likeness (QED) is 0.856. The van der Waals surface area contributed by atoms with Crippen LogP contribution in [0, 0.1) is 5.92 Å². The summed E-state index contributed by atoms with van der Waals surface area (Å²) in [7, 11) is 0. The Balaban J connectivity index is 1.62. The van der Waals surface area contributed by atoms with E-state index in [4.69, 9.17) is 0 Å². The van der Waals surface area contributed by atoms with Gasteiger partial charge in [0.05, 0.1) is 6.20 Å². The highest BCUT2D eigenvalue weighted by atomic mass is 16.2. The number of amides is 1. The van der Waals surface area contributed by atoms with E-state index in [1.54, 1.807) is 0 Å². The fourth-order valence-corrected chi connectivity index (χ4v) is 3.19. The standard InChI is InChI=1S/C18H25N5O2/c1-13(2)7-16-8-15(9-17(24)21-16)18(25)23-5-3-22(4-6-23)12-14-10-19-20-11-14/h8-11,13H,3-7,12H2,1-2H3,(H,19,20)(H,21,24). The van der Waals surface area contributed by atoms with Crippen LogP contribution in [0.2, 0.25) is 0 Å². The van der Waals surface area contributed by atoms with Gasteiger partial charge in [0.2, 0.25) is 5.56 Å². The van der Waals surface area contributed by atoms with Gasteiger partial charge in [-0.25, -0.2) is 0 Å². The van der Waals surface area contributed by atoms with E-state index in [2.05, 4.69) is 33.9 Å². The van der Waals surface area contributed by atoms with E-state index >= 15 is 0 Å². The molecule has 7 nitrogen and oxygen atoms in total. The molecule has 2 aromatic heterocycles. The lowest BCUT2D eigenvalue weighted by molar-refractivity contribution is 0.0628. The lowest BCUT2D eigenvalue weighted by Crippen LogP contribution is -2.48. The Morgan fingerprint density at radius 2 is 2.00 bits per heavy atom. The van der Waals surface area contributed by atoms with Crippen molar-refractivity contribution in [2.45, 2.75) is 26.8 Å². The molecule has 134 valence electrons. The maximum absolute atomic E-state index is 12.8. The smallest absolute Gasteiger partial charge is 0.254 e. The molecule has 2 N–H and O–H groups in total. The minimum atomic E-state index is -0.208. The summed E-state index contributed by atoms with van der Waals surface area (Å²) in [6, 6.07) is 3.23. The van der Waals surface area contributed by atoms with Gasteiger partial charge in [-0.2, -0.15) is 5.10 Å². The summed E-state index contributed by atoms with van der Waals surface area (Å²) in [5.74, 6) is 0.367. The summed E-state index contributed by atoms with van der Waals surface area (Å²) in [5, 5.41) is 6.78. The van der Waals surface area contributed by atoms with Crippen molar-refractivity contribution in [2.75, 3.05) is 26.2 Å². The Bertz CT molecular complexity index is 758. The van der Waals surface area contributed by atoms with Crippen molar-refractivity contribution in [3.8, 4) is 0 Å². The van der Waals surface area contributed by atoms with E-state index < -0.39 is 0 Å². The van der Waals surface area contributed by atoms with Crippen LogP contribution < -0.4 is 5.56 Å². The van der Waals surface area contributed by atoms with Crippen LogP contribution >= 0.6 is 0 Å². The number of hydrogen-bond acceptors (Lipinski definition) is 4. The Morgan fingerprint density at radius 3 is 2.64 bits per heavy atom. The van der Waals surface area contributed by atoms with Gasteiger partial charge >= 0.3 is 0 Å². The highest BCUT2D eigenvalue weighted by molar-refractivity contribution is 5.94. The van der Waals surface area contributed by atoms with Crippen LogP contribution in [0.3, 0.4) is 0 Å². The number of carbonyl (C=O) groups is 1. The summed E-state index contributed by atoms with van der Waals surface area (Å²) in [5.41, 5.74) is 2.25. The molecule has 0 bridgehead atoms. The molecular weight excluding hydrogens is 318 g/mol. The lowest BCUT2D eigenvalue weighted by Gasteiger charge is -2.34. The monoisotopic (exact) mass is 343 g/mol. The fourth-order valence-electron chi connectivity index (χ4n) is 3.19. The highest BCUT2D eigenvalue weighted by Crippen LogP contribution is 2.12. The molecule has 2 aromatic rings. The zero-order valence-electron chi connectivity index (χ0n) is 14.8. The molecule has 3 heterocycles. The number of aromatic nitrogens is 3. The van der Waals surface area contributed by atoms with Gasteiger partial charge in [-0.05, 0) is 18.4 Å². The Hall–Kier alpha value is -2.41. The van der Waals surface area contributed by atoms with Crippen LogP contribution in [0.4, 0.5) is 0 Å². The molecule has 1 amide bonds. The van der Waals surface area contributed by atoms with E-state index in [-0.39, 0.29) is 11.5 Å². The molecule has 1 aliphatic heterocycles. The van der Waals surface area contributed by atoms with E-state index in [0.717, 1.165) is 37.3 Å². The van der Waals surface area contributed by atoms with E-state index in [1.165, 1.54) is 6.07 Å². The van der Waals surface area contributed by atoms with Crippen LogP contribution in [-0.2, 0) is 13.0 Å². The van der Waals surface area contributed by atoms with Gasteiger partial charge in [0.25, 0.3) is 5.91 Å². The second-order valence-corrected chi connectivity index (χ2v) is 7.03. The van der Waals surface area contributed by atoms with Gasteiger partial charge in [-0.15, -0.1) is 0 Å². The SMILES string of the molecule is CC(C)Cc1cc(C(=O)N2CCN(Cc3cn[nH]c3)CC2)cc(=O)[nH]1. The third-order valence-electron chi connectivity index (χ3n) is 4.40. The number of carbonyl (C=O) groups excluding carboxylic acids is 1. The Morgan fingerprint density at radius 1 is 1.24 bits per heavy atom. The van der Waals surface area contributed by atoms with Gasteiger partial charge in [0.15, 0.2) is 0 Å². The highest BCUT2D eigenvalue weighted by Gasteiger charge is 2.23. The number of aromatic amines is 2. The molecule has 25 heavy (non-hydrogen) atoms. The van der Waals surface area contributed by atoms with Crippen molar-refractivity contribution in [1.29, 1.82) is 0 Å². The third kappa shape index (κ3) is 4.57. The molecule has 3 rings (SSSR count). The van der Waals surface area contributed by atoms with Gasteiger partial charge < -0.3 is 9.88 Å². The van der Waals surface area contributed by atoms with Crippen molar-refractivity contribution < 1.29 is 4.79 Å². The normalized spacial score (nSPS) is 15.7. The second kappa shape index (κ2) is 7.65. The number of hydrogen-bond donors (Lipinski definition) is 2. The zero-order chi connectivity index (χ0) is 17.8. The van der Waals surface area contributed by atoms with Gasteiger partial charge in [0, 0.05) is 61.8 Å². The number of piperazine rings is 1. The lowest BCUT2D eigenvalue weighted by atomic mass is 10.1. The van der Waals surface area contributed by atoms with E-state index in [9.17, 15) is 9.59 Å². The summed E-state index contributed by atoms with van der Waals surface area (Å²) in [4.78, 5) is 31.6. The second-order valence-electron chi connectivity index (χ2n) is 7.03. The molecule has 1 saturated heterocycles. The largest absolute Gasteiger partial charge is 0.336 e. The summed E-state index contributed by atoms with van der Waals surface area (Å²) in [6.07, 6.45) is 4.48. The third-order valence-corrected chi connectivity index (χ3v) is 4.40. The van der Waals surface area contributed by atoms with Crippen molar-refractivity contribution in [3.05, 3.63) is 51.7 Å². The first kappa shape index (κ1) is 17.4.